The van der Waals surface area contributed by atoms with Crippen molar-refractivity contribution in [2.45, 2.75) is 37.8 Å². The molecule has 2 unspecified atom stereocenters. The third kappa shape index (κ3) is 4.02. The molecule has 106 valence electrons. The van der Waals surface area contributed by atoms with Crippen LogP contribution < -0.4 is 0 Å². The molecule has 0 aromatic heterocycles. The summed E-state index contributed by atoms with van der Waals surface area (Å²) in [5, 5.41) is 19.6. The summed E-state index contributed by atoms with van der Waals surface area (Å²) in [6.07, 6.45) is 3.73. The van der Waals surface area contributed by atoms with Crippen molar-refractivity contribution in [2.75, 3.05) is 19.7 Å². The molecule has 1 saturated heterocycles. The van der Waals surface area contributed by atoms with Crippen LogP contribution in [0.15, 0.2) is 28.7 Å². The third-order valence-electron chi connectivity index (χ3n) is 3.91. The summed E-state index contributed by atoms with van der Waals surface area (Å²) in [4.78, 5) is 2.31. The quantitative estimate of drug-likeness (QED) is 0.873. The molecule has 1 aromatic carbocycles. The second-order valence-electron chi connectivity index (χ2n) is 5.19. The lowest BCUT2D eigenvalue weighted by Crippen LogP contribution is -2.42. The van der Waals surface area contributed by atoms with Crippen LogP contribution in [0.4, 0.5) is 0 Å². The molecule has 1 aliphatic heterocycles. The van der Waals surface area contributed by atoms with Crippen LogP contribution in [0.1, 0.15) is 37.4 Å². The third-order valence-corrected chi connectivity index (χ3v) is 4.64. The van der Waals surface area contributed by atoms with E-state index in [4.69, 9.17) is 0 Å². The fourth-order valence-corrected chi connectivity index (χ4v) is 3.30. The smallest absolute Gasteiger partial charge is 0.0813 e. The summed E-state index contributed by atoms with van der Waals surface area (Å²) >= 11 is 3.47. The van der Waals surface area contributed by atoms with E-state index in [1.54, 1.807) is 0 Å². The maximum atomic E-state index is 10.3. The Balaban J connectivity index is 1.89. The lowest BCUT2D eigenvalue weighted by atomic mass is 10.0. The van der Waals surface area contributed by atoms with E-state index in [2.05, 4.69) is 20.8 Å². The minimum Gasteiger partial charge on any atom is -0.395 e. The Labute approximate surface area is 123 Å². The van der Waals surface area contributed by atoms with Crippen molar-refractivity contribution in [2.24, 2.45) is 0 Å². The van der Waals surface area contributed by atoms with E-state index in [1.807, 2.05) is 24.3 Å². The Morgan fingerprint density at radius 3 is 2.84 bits per heavy atom. The second-order valence-corrected chi connectivity index (χ2v) is 6.05. The molecule has 0 amide bonds. The zero-order valence-corrected chi connectivity index (χ0v) is 12.7. The number of nitrogens with zero attached hydrogens (tertiary/aromatic N) is 1. The number of likely N-dealkylation sites (tertiary alicyclic amines) is 1. The molecule has 1 heterocycles. The van der Waals surface area contributed by atoms with E-state index in [9.17, 15) is 10.2 Å². The molecule has 1 aliphatic rings. The van der Waals surface area contributed by atoms with Crippen LogP contribution in [-0.2, 0) is 0 Å². The first-order valence-electron chi connectivity index (χ1n) is 6.99. The number of piperidine rings is 1. The Morgan fingerprint density at radius 1 is 1.32 bits per heavy atom. The Kier molecular flexibility index (Phi) is 5.82. The van der Waals surface area contributed by atoms with Crippen molar-refractivity contribution in [1.82, 2.24) is 4.90 Å². The summed E-state index contributed by atoms with van der Waals surface area (Å²) in [6.45, 7) is 2.10. The van der Waals surface area contributed by atoms with Gasteiger partial charge in [-0.2, -0.15) is 0 Å². The molecule has 2 rings (SSSR count). The molecule has 2 atom stereocenters. The SMILES string of the molecule is OCC1CCCCN1CCC(O)c1ccccc1Br. The normalized spacial score (nSPS) is 22.4. The molecule has 0 saturated carbocycles. The van der Waals surface area contributed by atoms with Crippen molar-refractivity contribution < 1.29 is 10.2 Å². The molecule has 2 N–H and O–H groups in total. The highest BCUT2D eigenvalue weighted by Gasteiger charge is 2.22. The lowest BCUT2D eigenvalue weighted by Gasteiger charge is -2.35. The predicted molar refractivity (Wildman–Crippen MR) is 80.0 cm³/mol. The van der Waals surface area contributed by atoms with Gasteiger partial charge in [-0.3, -0.25) is 4.90 Å². The van der Waals surface area contributed by atoms with Gasteiger partial charge in [0.1, 0.15) is 0 Å². The monoisotopic (exact) mass is 327 g/mol. The molecule has 0 radical (unpaired) electrons. The van der Waals surface area contributed by atoms with E-state index in [1.165, 1.54) is 12.8 Å². The topological polar surface area (TPSA) is 43.7 Å². The van der Waals surface area contributed by atoms with E-state index < -0.39 is 6.10 Å². The molecule has 0 spiro atoms. The van der Waals surface area contributed by atoms with Crippen LogP contribution in [0.5, 0.6) is 0 Å². The summed E-state index contributed by atoms with van der Waals surface area (Å²) in [7, 11) is 0. The van der Waals surface area contributed by atoms with Crippen molar-refractivity contribution >= 4 is 15.9 Å². The summed E-state index contributed by atoms with van der Waals surface area (Å²) in [5.41, 5.74) is 0.944. The summed E-state index contributed by atoms with van der Waals surface area (Å²) in [6, 6.07) is 8.08. The maximum Gasteiger partial charge on any atom is 0.0813 e. The largest absolute Gasteiger partial charge is 0.395 e. The van der Waals surface area contributed by atoms with Gasteiger partial charge in [-0.05, 0) is 37.4 Å². The van der Waals surface area contributed by atoms with Crippen LogP contribution in [0, 0.1) is 0 Å². The van der Waals surface area contributed by atoms with Gasteiger partial charge in [0.15, 0.2) is 0 Å². The van der Waals surface area contributed by atoms with Gasteiger partial charge in [-0.25, -0.2) is 0 Å². The van der Waals surface area contributed by atoms with Gasteiger partial charge in [0.05, 0.1) is 12.7 Å². The molecule has 1 fully saturated rings. The molecule has 4 heteroatoms. The first-order valence-corrected chi connectivity index (χ1v) is 7.79. The standard InChI is InChI=1S/C15H22BrNO2/c16-14-7-2-1-6-13(14)15(19)8-10-17-9-4-3-5-12(17)11-18/h1-2,6-7,12,15,18-19H,3-5,8-11H2. The average Bonchev–Trinajstić information content (AvgIpc) is 2.45. The minimum absolute atomic E-state index is 0.227. The van der Waals surface area contributed by atoms with Crippen molar-refractivity contribution in [3.8, 4) is 0 Å². The van der Waals surface area contributed by atoms with Crippen LogP contribution in [0.3, 0.4) is 0 Å². The number of hydrogen-bond acceptors (Lipinski definition) is 3. The lowest BCUT2D eigenvalue weighted by molar-refractivity contribution is 0.0696. The maximum absolute atomic E-state index is 10.3. The molecular formula is C15H22BrNO2. The van der Waals surface area contributed by atoms with Gasteiger partial charge >= 0.3 is 0 Å². The number of rotatable bonds is 5. The van der Waals surface area contributed by atoms with Gasteiger partial charge < -0.3 is 10.2 Å². The molecular weight excluding hydrogens is 306 g/mol. The number of hydrogen-bond donors (Lipinski definition) is 2. The van der Waals surface area contributed by atoms with Gasteiger partial charge in [-0.15, -0.1) is 0 Å². The molecule has 0 bridgehead atoms. The van der Waals surface area contributed by atoms with Crippen LogP contribution in [0.2, 0.25) is 0 Å². The Bertz CT molecular complexity index is 399. The Morgan fingerprint density at radius 2 is 2.11 bits per heavy atom. The molecule has 1 aromatic rings. The van der Waals surface area contributed by atoms with Crippen molar-refractivity contribution in [3.63, 3.8) is 0 Å². The summed E-state index contributed by atoms with van der Waals surface area (Å²) < 4.78 is 0.958. The number of halogens is 1. The number of benzene rings is 1. The van der Waals surface area contributed by atoms with Crippen molar-refractivity contribution in [3.05, 3.63) is 34.3 Å². The fourth-order valence-electron chi connectivity index (χ4n) is 2.75. The van der Waals surface area contributed by atoms with E-state index in [0.29, 0.717) is 6.42 Å². The number of aliphatic hydroxyl groups excluding tert-OH is 2. The van der Waals surface area contributed by atoms with Gasteiger partial charge in [0, 0.05) is 17.1 Å². The highest BCUT2D eigenvalue weighted by atomic mass is 79.9. The van der Waals surface area contributed by atoms with E-state index in [0.717, 1.165) is 29.5 Å². The van der Waals surface area contributed by atoms with Crippen LogP contribution in [-0.4, -0.2) is 40.9 Å². The van der Waals surface area contributed by atoms with Crippen LogP contribution >= 0.6 is 15.9 Å². The van der Waals surface area contributed by atoms with Crippen LogP contribution in [0.25, 0.3) is 0 Å². The molecule has 19 heavy (non-hydrogen) atoms. The zero-order chi connectivity index (χ0) is 13.7. The van der Waals surface area contributed by atoms with Gasteiger partial charge in [0.2, 0.25) is 0 Å². The zero-order valence-electron chi connectivity index (χ0n) is 11.1. The highest BCUT2D eigenvalue weighted by Crippen LogP contribution is 2.26. The van der Waals surface area contributed by atoms with Crippen molar-refractivity contribution in [1.29, 1.82) is 0 Å². The minimum atomic E-state index is -0.447. The van der Waals surface area contributed by atoms with E-state index >= 15 is 0 Å². The first-order chi connectivity index (χ1) is 9.22. The molecule has 0 aliphatic carbocycles. The predicted octanol–water partition coefficient (Wildman–Crippen LogP) is 2.72. The van der Waals surface area contributed by atoms with E-state index in [-0.39, 0.29) is 12.6 Å². The highest BCUT2D eigenvalue weighted by molar-refractivity contribution is 9.10. The second kappa shape index (κ2) is 7.39. The first kappa shape index (κ1) is 15.0. The van der Waals surface area contributed by atoms with Gasteiger partial charge in [0.25, 0.3) is 0 Å². The van der Waals surface area contributed by atoms with Gasteiger partial charge in [-0.1, -0.05) is 40.5 Å². The Hall–Kier alpha value is -0.420. The number of aliphatic hydroxyl groups is 2. The average molecular weight is 328 g/mol. The summed E-state index contributed by atoms with van der Waals surface area (Å²) in [5.74, 6) is 0. The fraction of sp³-hybridized carbons (Fsp3) is 0.600. The molecule has 3 nitrogen and oxygen atoms in total.